The fraction of sp³-hybridized carbons (Fsp3) is 0.800. The number of hydrogen-bond donors (Lipinski definition) is 1. The molecule has 0 bridgehead atoms. The van der Waals surface area contributed by atoms with Gasteiger partial charge in [0.25, 0.3) is 0 Å². The molecule has 1 atom stereocenters. The van der Waals surface area contributed by atoms with Crippen LogP contribution in [0.15, 0.2) is 12.2 Å². The maximum absolute atomic E-state index is 10.3. The Morgan fingerprint density at radius 1 is 1.18 bits per heavy atom. The van der Waals surface area contributed by atoms with Gasteiger partial charge in [0.15, 0.2) is 0 Å². The van der Waals surface area contributed by atoms with E-state index in [0.29, 0.717) is 12.3 Å². The predicted octanol–water partition coefficient (Wildman–Crippen LogP) is 4.79. The quantitative estimate of drug-likeness (QED) is 0.416. The number of carboxylic acid groups (broad SMARTS) is 1. The summed E-state index contributed by atoms with van der Waals surface area (Å²) in [5.74, 6) is -0.117. The van der Waals surface area contributed by atoms with Gasteiger partial charge in [-0.2, -0.15) is 0 Å². The zero-order chi connectivity index (χ0) is 12.9. The van der Waals surface area contributed by atoms with Gasteiger partial charge in [0.1, 0.15) is 0 Å². The van der Waals surface area contributed by atoms with Crippen molar-refractivity contribution < 1.29 is 9.90 Å². The third-order valence-electron chi connectivity index (χ3n) is 3.00. The van der Waals surface area contributed by atoms with Crippen LogP contribution in [0.4, 0.5) is 0 Å². The molecule has 100 valence electrons. The number of carbonyl (C=O) groups is 1. The van der Waals surface area contributed by atoms with Crippen LogP contribution in [0, 0.1) is 5.92 Å². The van der Waals surface area contributed by atoms with E-state index >= 15 is 0 Å². The van der Waals surface area contributed by atoms with Gasteiger partial charge >= 0.3 is 5.97 Å². The summed E-state index contributed by atoms with van der Waals surface area (Å²) in [6, 6.07) is 0. The van der Waals surface area contributed by atoms with Crippen LogP contribution in [0.5, 0.6) is 0 Å². The average molecular weight is 240 g/mol. The van der Waals surface area contributed by atoms with Gasteiger partial charge in [-0.3, -0.25) is 4.79 Å². The molecule has 0 spiro atoms. The van der Waals surface area contributed by atoms with Crippen molar-refractivity contribution >= 4 is 5.97 Å². The second kappa shape index (κ2) is 11.7. The average Bonchev–Trinajstić information content (AvgIpc) is 2.29. The van der Waals surface area contributed by atoms with Gasteiger partial charge in [0.2, 0.25) is 0 Å². The fourth-order valence-corrected chi connectivity index (χ4v) is 1.88. The molecule has 0 aromatic heterocycles. The predicted molar refractivity (Wildman–Crippen MR) is 73.2 cm³/mol. The Labute approximate surface area is 106 Å². The van der Waals surface area contributed by atoms with Crippen LogP contribution in [-0.2, 0) is 4.79 Å². The molecule has 0 aliphatic carbocycles. The second-order valence-corrected chi connectivity index (χ2v) is 4.89. The van der Waals surface area contributed by atoms with E-state index in [1.807, 2.05) is 6.08 Å². The summed E-state index contributed by atoms with van der Waals surface area (Å²) in [4.78, 5) is 10.3. The van der Waals surface area contributed by atoms with Crippen molar-refractivity contribution in [2.45, 2.75) is 71.6 Å². The van der Waals surface area contributed by atoms with Crippen molar-refractivity contribution in [1.82, 2.24) is 0 Å². The van der Waals surface area contributed by atoms with Crippen molar-refractivity contribution in [2.24, 2.45) is 5.92 Å². The van der Waals surface area contributed by atoms with Crippen molar-refractivity contribution in [1.29, 1.82) is 0 Å². The van der Waals surface area contributed by atoms with E-state index in [1.54, 1.807) is 0 Å². The van der Waals surface area contributed by atoms with Crippen molar-refractivity contribution in [3.05, 3.63) is 12.2 Å². The van der Waals surface area contributed by atoms with E-state index in [2.05, 4.69) is 19.9 Å². The maximum atomic E-state index is 10.3. The first-order valence-electron chi connectivity index (χ1n) is 7.05. The molecule has 2 nitrogen and oxygen atoms in total. The number of carboxylic acids is 1. The molecule has 17 heavy (non-hydrogen) atoms. The largest absolute Gasteiger partial charge is 0.481 e. The number of allylic oxidation sites excluding steroid dienone is 2. The Morgan fingerprint density at radius 3 is 2.47 bits per heavy atom. The van der Waals surface area contributed by atoms with Crippen LogP contribution >= 0.6 is 0 Å². The molecule has 0 radical (unpaired) electrons. The smallest absolute Gasteiger partial charge is 0.303 e. The molecule has 0 unspecified atom stereocenters. The molecule has 2 heteroatoms. The third kappa shape index (κ3) is 13.1. The molecular weight excluding hydrogens is 212 g/mol. The first-order chi connectivity index (χ1) is 8.16. The van der Waals surface area contributed by atoms with Gasteiger partial charge in [-0.05, 0) is 18.8 Å². The van der Waals surface area contributed by atoms with E-state index in [9.17, 15) is 4.79 Å². The van der Waals surface area contributed by atoms with E-state index in [-0.39, 0.29) is 6.42 Å². The first kappa shape index (κ1) is 16.2. The first-order valence-corrected chi connectivity index (χ1v) is 7.05. The minimum Gasteiger partial charge on any atom is -0.481 e. The monoisotopic (exact) mass is 240 g/mol. The van der Waals surface area contributed by atoms with Crippen LogP contribution in [0.3, 0.4) is 0 Å². The van der Waals surface area contributed by atoms with E-state index in [1.165, 1.54) is 44.9 Å². The highest BCUT2D eigenvalue weighted by molar-refractivity contribution is 5.66. The summed E-state index contributed by atoms with van der Waals surface area (Å²) in [7, 11) is 0. The van der Waals surface area contributed by atoms with Gasteiger partial charge in [-0.1, -0.05) is 64.5 Å². The van der Waals surface area contributed by atoms with Crippen molar-refractivity contribution in [3.8, 4) is 0 Å². The number of aliphatic carboxylic acids is 1. The summed E-state index contributed by atoms with van der Waals surface area (Å²) in [5.41, 5.74) is 0. The maximum Gasteiger partial charge on any atom is 0.303 e. The third-order valence-corrected chi connectivity index (χ3v) is 3.00. The lowest BCUT2D eigenvalue weighted by atomic mass is 10.0. The molecule has 0 saturated heterocycles. The van der Waals surface area contributed by atoms with Gasteiger partial charge in [0.05, 0.1) is 0 Å². The number of rotatable bonds is 11. The Morgan fingerprint density at radius 2 is 1.82 bits per heavy atom. The molecule has 0 aliphatic heterocycles. The summed E-state index contributed by atoms with van der Waals surface area (Å²) >= 11 is 0. The highest BCUT2D eigenvalue weighted by Crippen LogP contribution is 2.13. The number of hydrogen-bond acceptors (Lipinski definition) is 1. The van der Waals surface area contributed by atoms with Gasteiger partial charge in [-0.25, -0.2) is 0 Å². The Hall–Kier alpha value is -0.790. The summed E-state index contributed by atoms with van der Waals surface area (Å²) in [6.45, 7) is 4.45. The van der Waals surface area contributed by atoms with Crippen LogP contribution in [0.2, 0.25) is 0 Å². The highest BCUT2D eigenvalue weighted by Gasteiger charge is 1.98. The SMILES string of the molecule is CCCCCCCC[C@@H](C)/C=C/CCC(=O)O. The van der Waals surface area contributed by atoms with Crippen molar-refractivity contribution in [2.75, 3.05) is 0 Å². The van der Waals surface area contributed by atoms with E-state index < -0.39 is 5.97 Å². The molecule has 0 aromatic carbocycles. The van der Waals surface area contributed by atoms with Gasteiger partial charge in [-0.15, -0.1) is 0 Å². The Balaban J connectivity index is 3.33. The fourth-order valence-electron chi connectivity index (χ4n) is 1.88. The van der Waals surface area contributed by atoms with E-state index in [4.69, 9.17) is 5.11 Å². The van der Waals surface area contributed by atoms with E-state index in [0.717, 1.165) is 0 Å². The standard InChI is InChI=1S/C15H28O2/c1-3-4-5-6-7-8-11-14(2)12-9-10-13-15(16)17/h9,12,14H,3-8,10-11,13H2,1-2H3,(H,16,17)/b12-9+/t14-/m1/s1. The van der Waals surface area contributed by atoms with Crippen molar-refractivity contribution in [3.63, 3.8) is 0 Å². The molecule has 0 aliphatic rings. The Kier molecular flexibility index (Phi) is 11.1. The molecule has 0 aromatic rings. The minimum atomic E-state index is -0.710. The molecule has 0 heterocycles. The lowest BCUT2D eigenvalue weighted by Gasteiger charge is -2.05. The zero-order valence-electron chi connectivity index (χ0n) is 11.5. The van der Waals surface area contributed by atoms with Gasteiger partial charge < -0.3 is 5.11 Å². The van der Waals surface area contributed by atoms with Gasteiger partial charge in [0, 0.05) is 6.42 Å². The normalized spacial score (nSPS) is 13.1. The lowest BCUT2D eigenvalue weighted by Crippen LogP contribution is -1.93. The van der Waals surface area contributed by atoms with Crippen LogP contribution < -0.4 is 0 Å². The number of unbranched alkanes of at least 4 members (excludes halogenated alkanes) is 5. The topological polar surface area (TPSA) is 37.3 Å². The summed E-state index contributed by atoms with van der Waals surface area (Å²) in [6.07, 6.45) is 14.4. The molecule has 0 fully saturated rings. The molecule has 0 rings (SSSR count). The molecular formula is C15H28O2. The van der Waals surface area contributed by atoms with Crippen LogP contribution in [0.1, 0.15) is 71.6 Å². The zero-order valence-corrected chi connectivity index (χ0v) is 11.5. The summed E-state index contributed by atoms with van der Waals surface area (Å²) in [5, 5.41) is 8.49. The Bertz CT molecular complexity index is 209. The second-order valence-electron chi connectivity index (χ2n) is 4.89. The van der Waals surface area contributed by atoms with Crippen LogP contribution in [0.25, 0.3) is 0 Å². The molecule has 0 saturated carbocycles. The van der Waals surface area contributed by atoms with Crippen LogP contribution in [-0.4, -0.2) is 11.1 Å². The lowest BCUT2D eigenvalue weighted by molar-refractivity contribution is -0.136. The minimum absolute atomic E-state index is 0.250. The molecule has 0 amide bonds. The summed E-state index contributed by atoms with van der Waals surface area (Å²) < 4.78 is 0. The molecule has 1 N–H and O–H groups in total. The highest BCUT2D eigenvalue weighted by atomic mass is 16.4.